The number of hydrogen-bond acceptors (Lipinski definition) is 3. The van der Waals surface area contributed by atoms with Crippen LogP contribution in [0.1, 0.15) is 6.92 Å². The molecule has 0 unspecified atom stereocenters. The zero-order chi connectivity index (χ0) is 17.7. The van der Waals surface area contributed by atoms with Gasteiger partial charge in [-0.2, -0.15) is 0 Å². The molecule has 0 aromatic heterocycles. The Morgan fingerprint density at radius 3 is 2.00 bits per heavy atom. The van der Waals surface area contributed by atoms with Crippen molar-refractivity contribution in [1.82, 2.24) is 0 Å². The Kier molecular flexibility index (Phi) is 5.82. The summed E-state index contributed by atoms with van der Waals surface area (Å²) in [4.78, 5) is 27.5. The summed E-state index contributed by atoms with van der Waals surface area (Å²) in [6, 6.07) is 14.3. The number of amides is 2. The predicted molar refractivity (Wildman–Crippen MR) is 98.9 cm³/mol. The summed E-state index contributed by atoms with van der Waals surface area (Å²) in [6.07, 6.45) is 0. The van der Waals surface area contributed by atoms with Gasteiger partial charge in [0.05, 0.1) is 0 Å². The largest absolute Gasteiger partial charge is 0.378 e. The lowest BCUT2D eigenvalue weighted by Gasteiger charge is -2.21. The number of rotatable bonds is 5. The second-order valence-electron chi connectivity index (χ2n) is 5.57. The molecule has 24 heavy (non-hydrogen) atoms. The van der Waals surface area contributed by atoms with Crippen LogP contribution in [0.4, 0.5) is 17.1 Å². The Bertz CT molecular complexity index is 712. The SMILES string of the molecule is CC(=O)N(CC(=O)Nc1ccc(N(C)C)cc1)c1ccc(Cl)cc1. The Morgan fingerprint density at radius 2 is 1.50 bits per heavy atom. The van der Waals surface area contributed by atoms with Crippen LogP contribution in [0.5, 0.6) is 0 Å². The van der Waals surface area contributed by atoms with Crippen molar-refractivity contribution >= 4 is 40.5 Å². The van der Waals surface area contributed by atoms with Gasteiger partial charge in [-0.15, -0.1) is 0 Å². The van der Waals surface area contributed by atoms with E-state index in [0.29, 0.717) is 16.4 Å². The highest BCUT2D eigenvalue weighted by Crippen LogP contribution is 2.19. The minimum Gasteiger partial charge on any atom is -0.378 e. The zero-order valence-electron chi connectivity index (χ0n) is 13.9. The minimum absolute atomic E-state index is 0.0631. The lowest BCUT2D eigenvalue weighted by atomic mass is 10.2. The van der Waals surface area contributed by atoms with Crippen LogP contribution >= 0.6 is 11.6 Å². The van der Waals surface area contributed by atoms with Crippen LogP contribution in [-0.4, -0.2) is 32.5 Å². The fraction of sp³-hybridized carbons (Fsp3) is 0.222. The highest BCUT2D eigenvalue weighted by atomic mass is 35.5. The number of halogens is 1. The number of carbonyl (C=O) groups is 2. The Morgan fingerprint density at radius 1 is 0.958 bits per heavy atom. The smallest absolute Gasteiger partial charge is 0.244 e. The van der Waals surface area contributed by atoms with Crippen LogP contribution in [0.25, 0.3) is 0 Å². The molecule has 2 aromatic carbocycles. The number of hydrogen-bond donors (Lipinski definition) is 1. The van der Waals surface area contributed by atoms with E-state index < -0.39 is 0 Å². The Labute approximate surface area is 146 Å². The summed E-state index contributed by atoms with van der Waals surface area (Å²) in [5.74, 6) is -0.479. The maximum atomic E-state index is 12.2. The van der Waals surface area contributed by atoms with Crippen molar-refractivity contribution in [3.8, 4) is 0 Å². The molecule has 0 aliphatic carbocycles. The summed E-state index contributed by atoms with van der Waals surface area (Å²) in [5, 5.41) is 3.37. The highest BCUT2D eigenvalue weighted by molar-refractivity contribution is 6.30. The van der Waals surface area contributed by atoms with E-state index in [1.54, 1.807) is 24.3 Å². The van der Waals surface area contributed by atoms with Crippen molar-refractivity contribution in [2.24, 2.45) is 0 Å². The molecule has 0 atom stereocenters. The molecule has 126 valence electrons. The van der Waals surface area contributed by atoms with Gasteiger partial charge in [0.15, 0.2) is 0 Å². The molecule has 0 aliphatic rings. The minimum atomic E-state index is -0.266. The molecule has 2 amide bonds. The molecule has 0 saturated heterocycles. The third-order valence-electron chi connectivity index (χ3n) is 3.49. The van der Waals surface area contributed by atoms with E-state index >= 15 is 0 Å². The van der Waals surface area contributed by atoms with Gasteiger partial charge in [-0.1, -0.05) is 11.6 Å². The number of carbonyl (C=O) groups excluding carboxylic acids is 2. The first-order valence-electron chi connectivity index (χ1n) is 7.47. The van der Waals surface area contributed by atoms with E-state index in [-0.39, 0.29) is 18.4 Å². The standard InChI is InChI=1S/C18H20ClN3O2/c1-13(23)22(17-8-4-14(19)5-9-17)12-18(24)20-15-6-10-16(11-7-15)21(2)3/h4-11H,12H2,1-3H3,(H,20,24). The van der Waals surface area contributed by atoms with Crippen molar-refractivity contribution in [3.05, 3.63) is 53.6 Å². The van der Waals surface area contributed by atoms with E-state index in [9.17, 15) is 9.59 Å². The topological polar surface area (TPSA) is 52.7 Å². The molecule has 6 heteroatoms. The van der Waals surface area contributed by atoms with Crippen LogP contribution in [-0.2, 0) is 9.59 Å². The van der Waals surface area contributed by atoms with Crippen LogP contribution < -0.4 is 15.1 Å². The Hall–Kier alpha value is -2.53. The van der Waals surface area contributed by atoms with Crippen LogP contribution in [0.2, 0.25) is 5.02 Å². The van der Waals surface area contributed by atoms with Crippen LogP contribution in [0.3, 0.4) is 0 Å². The molecule has 0 spiro atoms. The highest BCUT2D eigenvalue weighted by Gasteiger charge is 2.16. The van der Waals surface area contributed by atoms with Crippen LogP contribution in [0.15, 0.2) is 48.5 Å². The van der Waals surface area contributed by atoms with Gasteiger partial charge in [0.2, 0.25) is 11.8 Å². The summed E-state index contributed by atoms with van der Waals surface area (Å²) < 4.78 is 0. The van der Waals surface area contributed by atoms with Crippen LogP contribution in [0, 0.1) is 0 Å². The predicted octanol–water partition coefficient (Wildman–Crippen LogP) is 3.40. The zero-order valence-corrected chi connectivity index (χ0v) is 14.7. The first kappa shape index (κ1) is 17.8. The van der Waals surface area contributed by atoms with Gasteiger partial charge in [0, 0.05) is 43.1 Å². The third-order valence-corrected chi connectivity index (χ3v) is 3.74. The molecule has 2 rings (SSSR count). The molecular formula is C18H20ClN3O2. The summed E-state index contributed by atoms with van der Waals surface area (Å²) in [6.45, 7) is 1.36. The quantitative estimate of drug-likeness (QED) is 0.903. The van der Waals surface area contributed by atoms with E-state index in [1.165, 1.54) is 11.8 Å². The number of anilines is 3. The fourth-order valence-corrected chi connectivity index (χ4v) is 2.32. The van der Waals surface area contributed by atoms with Gasteiger partial charge in [0.25, 0.3) is 0 Å². The second kappa shape index (κ2) is 7.84. The van der Waals surface area contributed by atoms with Gasteiger partial charge in [-0.25, -0.2) is 0 Å². The van der Waals surface area contributed by atoms with Gasteiger partial charge >= 0.3 is 0 Å². The lowest BCUT2D eigenvalue weighted by Crippen LogP contribution is -2.36. The molecule has 2 aromatic rings. The van der Waals surface area contributed by atoms with Crippen molar-refractivity contribution in [2.75, 3.05) is 35.8 Å². The number of benzene rings is 2. The summed E-state index contributed by atoms with van der Waals surface area (Å²) in [5.41, 5.74) is 2.36. The maximum Gasteiger partial charge on any atom is 0.244 e. The molecule has 1 N–H and O–H groups in total. The van der Waals surface area contributed by atoms with Gasteiger partial charge in [-0.3, -0.25) is 9.59 Å². The van der Waals surface area contributed by atoms with Gasteiger partial charge in [0.1, 0.15) is 6.54 Å². The summed E-state index contributed by atoms with van der Waals surface area (Å²) >= 11 is 5.86. The van der Waals surface area contributed by atoms with Crippen molar-refractivity contribution in [2.45, 2.75) is 6.92 Å². The maximum absolute atomic E-state index is 12.2. The fourth-order valence-electron chi connectivity index (χ4n) is 2.19. The van der Waals surface area contributed by atoms with E-state index in [1.807, 2.05) is 43.3 Å². The van der Waals surface area contributed by atoms with E-state index in [0.717, 1.165) is 5.69 Å². The first-order chi connectivity index (χ1) is 11.4. The van der Waals surface area contributed by atoms with Gasteiger partial charge < -0.3 is 15.1 Å². The molecule has 5 nitrogen and oxygen atoms in total. The van der Waals surface area contributed by atoms with E-state index in [2.05, 4.69) is 5.32 Å². The molecule has 0 fully saturated rings. The van der Waals surface area contributed by atoms with E-state index in [4.69, 9.17) is 11.6 Å². The van der Waals surface area contributed by atoms with Crippen molar-refractivity contribution in [1.29, 1.82) is 0 Å². The molecule has 0 bridgehead atoms. The lowest BCUT2D eigenvalue weighted by molar-refractivity contribution is -0.120. The second-order valence-corrected chi connectivity index (χ2v) is 6.01. The van der Waals surface area contributed by atoms with Gasteiger partial charge in [-0.05, 0) is 48.5 Å². The molecule has 0 aliphatic heterocycles. The average Bonchev–Trinajstić information content (AvgIpc) is 2.54. The average molecular weight is 346 g/mol. The monoisotopic (exact) mass is 345 g/mol. The first-order valence-corrected chi connectivity index (χ1v) is 7.85. The third kappa shape index (κ3) is 4.73. The number of nitrogens with one attached hydrogen (secondary N) is 1. The molecule has 0 radical (unpaired) electrons. The summed E-state index contributed by atoms with van der Waals surface area (Å²) in [7, 11) is 3.90. The van der Waals surface area contributed by atoms with Crippen molar-refractivity contribution < 1.29 is 9.59 Å². The normalized spacial score (nSPS) is 10.2. The Balaban J connectivity index is 2.05. The number of nitrogens with zero attached hydrogens (tertiary/aromatic N) is 2. The molecule has 0 saturated carbocycles. The molecular weight excluding hydrogens is 326 g/mol. The molecule has 0 heterocycles. The van der Waals surface area contributed by atoms with Crippen molar-refractivity contribution in [3.63, 3.8) is 0 Å².